The van der Waals surface area contributed by atoms with Gasteiger partial charge in [0.15, 0.2) is 5.69 Å². The second-order valence-corrected chi connectivity index (χ2v) is 6.04. The van der Waals surface area contributed by atoms with E-state index in [0.29, 0.717) is 11.6 Å². The Labute approximate surface area is 131 Å². The highest BCUT2D eigenvalue weighted by Crippen LogP contribution is 2.38. The summed E-state index contributed by atoms with van der Waals surface area (Å²) in [5.74, 6) is 0.252. The van der Waals surface area contributed by atoms with E-state index >= 15 is 0 Å². The standard InChI is InChI=1S/C15H15BrN4O/c1-9(10-4-6-12(16)7-5-10)17-20-15(21)14-8-13(18-19-14)11-2-3-11/h4-8,11H,2-3H2,1H3,(H,18,19)(H,20,21)/b17-9-. The maximum absolute atomic E-state index is 12.0. The molecule has 2 aromatic rings. The molecule has 1 aromatic heterocycles. The van der Waals surface area contributed by atoms with Crippen molar-refractivity contribution in [2.24, 2.45) is 5.10 Å². The van der Waals surface area contributed by atoms with Gasteiger partial charge in [0.25, 0.3) is 5.91 Å². The van der Waals surface area contributed by atoms with Gasteiger partial charge in [-0.05, 0) is 43.5 Å². The second-order valence-electron chi connectivity index (χ2n) is 5.13. The molecule has 5 nitrogen and oxygen atoms in total. The SMILES string of the molecule is C/C(=N/NC(=O)c1cc(C2CC2)[nH]n1)c1ccc(Br)cc1. The molecule has 0 bridgehead atoms. The minimum absolute atomic E-state index is 0.297. The van der Waals surface area contributed by atoms with Crippen LogP contribution in [0.25, 0.3) is 0 Å². The fourth-order valence-electron chi connectivity index (χ4n) is 2.00. The third-order valence-corrected chi connectivity index (χ3v) is 3.96. The lowest BCUT2D eigenvalue weighted by atomic mass is 10.1. The number of nitrogens with one attached hydrogen (secondary N) is 2. The van der Waals surface area contributed by atoms with Crippen molar-refractivity contribution in [3.63, 3.8) is 0 Å². The average molecular weight is 347 g/mol. The molecule has 6 heteroatoms. The lowest BCUT2D eigenvalue weighted by Gasteiger charge is -2.01. The predicted molar refractivity (Wildman–Crippen MR) is 84.4 cm³/mol. The zero-order chi connectivity index (χ0) is 14.8. The minimum Gasteiger partial charge on any atom is -0.281 e. The Morgan fingerprint density at radius 1 is 1.38 bits per heavy atom. The van der Waals surface area contributed by atoms with Gasteiger partial charge in [-0.3, -0.25) is 9.89 Å². The number of amides is 1. The van der Waals surface area contributed by atoms with Crippen LogP contribution in [0.1, 0.15) is 47.4 Å². The van der Waals surface area contributed by atoms with Crippen molar-refractivity contribution >= 4 is 27.5 Å². The number of carbonyl (C=O) groups excluding carboxylic acids is 1. The molecule has 0 radical (unpaired) electrons. The summed E-state index contributed by atoms with van der Waals surface area (Å²) in [4.78, 5) is 12.0. The predicted octanol–water partition coefficient (Wildman–Crippen LogP) is 3.20. The number of halogens is 1. The van der Waals surface area contributed by atoms with Crippen LogP contribution in [0, 0.1) is 0 Å². The van der Waals surface area contributed by atoms with Crippen molar-refractivity contribution in [3.8, 4) is 0 Å². The Hall–Kier alpha value is -1.95. The van der Waals surface area contributed by atoms with Crippen molar-refractivity contribution in [1.82, 2.24) is 15.6 Å². The molecule has 108 valence electrons. The Kier molecular flexibility index (Phi) is 3.88. The van der Waals surface area contributed by atoms with E-state index in [1.165, 1.54) is 12.8 Å². The van der Waals surface area contributed by atoms with Crippen LogP contribution in [-0.4, -0.2) is 21.8 Å². The van der Waals surface area contributed by atoms with Crippen LogP contribution in [0.2, 0.25) is 0 Å². The quantitative estimate of drug-likeness (QED) is 0.659. The third kappa shape index (κ3) is 3.39. The van der Waals surface area contributed by atoms with Crippen LogP contribution in [0.3, 0.4) is 0 Å². The van der Waals surface area contributed by atoms with Gasteiger partial charge in [0, 0.05) is 16.1 Å². The average Bonchev–Trinajstić information content (AvgIpc) is 3.22. The molecule has 0 aliphatic heterocycles. The third-order valence-electron chi connectivity index (χ3n) is 3.43. The van der Waals surface area contributed by atoms with Crippen molar-refractivity contribution in [2.45, 2.75) is 25.7 Å². The fourth-order valence-corrected chi connectivity index (χ4v) is 2.27. The molecular formula is C15H15BrN4O. The van der Waals surface area contributed by atoms with Crippen LogP contribution in [-0.2, 0) is 0 Å². The van der Waals surface area contributed by atoms with Crippen LogP contribution in [0.15, 0.2) is 39.9 Å². The molecule has 1 fully saturated rings. The molecule has 1 aliphatic carbocycles. The topological polar surface area (TPSA) is 70.1 Å². The van der Waals surface area contributed by atoms with E-state index in [2.05, 4.69) is 36.7 Å². The molecule has 1 amide bonds. The van der Waals surface area contributed by atoms with Gasteiger partial charge >= 0.3 is 0 Å². The molecule has 1 aromatic carbocycles. The van der Waals surface area contributed by atoms with E-state index in [1.807, 2.05) is 31.2 Å². The summed E-state index contributed by atoms with van der Waals surface area (Å²) in [6, 6.07) is 9.55. The molecule has 0 atom stereocenters. The first-order valence-electron chi connectivity index (χ1n) is 6.79. The van der Waals surface area contributed by atoms with Gasteiger partial charge in [-0.1, -0.05) is 28.1 Å². The van der Waals surface area contributed by atoms with Gasteiger partial charge in [-0.15, -0.1) is 0 Å². The van der Waals surface area contributed by atoms with Gasteiger partial charge in [0.1, 0.15) is 0 Å². The molecule has 1 saturated carbocycles. The lowest BCUT2D eigenvalue weighted by Crippen LogP contribution is -2.19. The number of aromatic amines is 1. The summed E-state index contributed by atoms with van der Waals surface area (Å²) >= 11 is 3.39. The molecule has 0 unspecified atom stereocenters. The lowest BCUT2D eigenvalue weighted by molar-refractivity contribution is 0.0950. The van der Waals surface area contributed by atoms with Gasteiger partial charge < -0.3 is 0 Å². The smallest absolute Gasteiger partial charge is 0.281 e. The summed E-state index contributed by atoms with van der Waals surface area (Å²) in [5.41, 5.74) is 5.66. The zero-order valence-corrected chi connectivity index (χ0v) is 13.1. The highest BCUT2D eigenvalue weighted by molar-refractivity contribution is 9.10. The summed E-state index contributed by atoms with van der Waals surface area (Å²) < 4.78 is 1.01. The van der Waals surface area contributed by atoms with Gasteiger partial charge in [-0.25, -0.2) is 5.43 Å². The molecule has 3 rings (SSSR count). The molecule has 0 spiro atoms. The van der Waals surface area contributed by atoms with Gasteiger partial charge in [-0.2, -0.15) is 10.2 Å². The van der Waals surface area contributed by atoms with E-state index in [4.69, 9.17) is 0 Å². The van der Waals surface area contributed by atoms with Gasteiger partial charge in [0.05, 0.1) is 5.71 Å². The van der Waals surface area contributed by atoms with E-state index in [-0.39, 0.29) is 5.91 Å². The number of hydrogen-bond donors (Lipinski definition) is 2. The number of hydrogen-bond acceptors (Lipinski definition) is 3. The summed E-state index contributed by atoms with van der Waals surface area (Å²) in [5, 5.41) is 11.1. The summed E-state index contributed by atoms with van der Waals surface area (Å²) in [6.45, 7) is 1.85. The zero-order valence-electron chi connectivity index (χ0n) is 11.6. The normalized spacial score (nSPS) is 15.0. The fraction of sp³-hybridized carbons (Fsp3) is 0.267. The van der Waals surface area contributed by atoms with Crippen LogP contribution < -0.4 is 5.43 Å². The Balaban J connectivity index is 1.65. The van der Waals surface area contributed by atoms with E-state index < -0.39 is 0 Å². The number of benzene rings is 1. The van der Waals surface area contributed by atoms with E-state index in [0.717, 1.165) is 21.4 Å². The second kappa shape index (κ2) is 5.81. The Morgan fingerprint density at radius 3 is 2.76 bits per heavy atom. The molecule has 0 saturated heterocycles. The largest absolute Gasteiger partial charge is 0.291 e. The van der Waals surface area contributed by atoms with E-state index in [9.17, 15) is 4.79 Å². The van der Waals surface area contributed by atoms with Crippen molar-refractivity contribution < 1.29 is 4.79 Å². The number of carbonyl (C=O) groups is 1. The van der Waals surface area contributed by atoms with Gasteiger partial charge in [0.2, 0.25) is 0 Å². The minimum atomic E-state index is -0.297. The maximum Gasteiger partial charge on any atom is 0.291 e. The van der Waals surface area contributed by atoms with Crippen LogP contribution in [0.5, 0.6) is 0 Å². The first-order valence-corrected chi connectivity index (χ1v) is 7.58. The molecule has 21 heavy (non-hydrogen) atoms. The molecular weight excluding hydrogens is 332 g/mol. The number of rotatable bonds is 4. The Morgan fingerprint density at radius 2 is 2.10 bits per heavy atom. The summed E-state index contributed by atoms with van der Waals surface area (Å²) in [6.07, 6.45) is 2.34. The number of hydrazone groups is 1. The molecule has 1 heterocycles. The number of nitrogens with zero attached hydrogens (tertiary/aromatic N) is 2. The highest BCUT2D eigenvalue weighted by Gasteiger charge is 2.26. The molecule has 1 aliphatic rings. The van der Waals surface area contributed by atoms with Crippen molar-refractivity contribution in [1.29, 1.82) is 0 Å². The van der Waals surface area contributed by atoms with Crippen LogP contribution >= 0.6 is 15.9 Å². The monoisotopic (exact) mass is 346 g/mol. The van der Waals surface area contributed by atoms with Crippen LogP contribution in [0.4, 0.5) is 0 Å². The maximum atomic E-state index is 12.0. The number of H-pyrrole nitrogens is 1. The Bertz CT molecular complexity index is 686. The van der Waals surface area contributed by atoms with Crippen molar-refractivity contribution in [2.75, 3.05) is 0 Å². The van der Waals surface area contributed by atoms with Crippen molar-refractivity contribution in [3.05, 3.63) is 51.8 Å². The first kappa shape index (κ1) is 14.0. The highest BCUT2D eigenvalue weighted by atomic mass is 79.9. The van der Waals surface area contributed by atoms with E-state index in [1.54, 1.807) is 6.07 Å². The number of aromatic nitrogens is 2. The summed E-state index contributed by atoms with van der Waals surface area (Å²) in [7, 11) is 0. The first-order chi connectivity index (χ1) is 10.1. The molecule has 2 N–H and O–H groups in total.